The van der Waals surface area contributed by atoms with Gasteiger partial charge in [-0.1, -0.05) is 23.7 Å². The molecule has 0 spiro atoms. The lowest BCUT2D eigenvalue weighted by atomic mass is 10.2. The summed E-state index contributed by atoms with van der Waals surface area (Å²) in [4.78, 5) is 4.23. The molecule has 0 fully saturated rings. The zero-order chi connectivity index (χ0) is 13.0. The van der Waals surface area contributed by atoms with Crippen molar-refractivity contribution in [1.29, 1.82) is 0 Å². The van der Waals surface area contributed by atoms with Gasteiger partial charge in [-0.15, -0.1) is 0 Å². The third kappa shape index (κ3) is 3.45. The van der Waals surface area contributed by atoms with E-state index in [1.807, 2.05) is 43.3 Å². The molecule has 1 atom stereocenters. The number of hydrogen-bond acceptors (Lipinski definition) is 3. The van der Waals surface area contributed by atoms with Crippen molar-refractivity contribution in [2.45, 2.75) is 19.6 Å². The highest BCUT2D eigenvalue weighted by Crippen LogP contribution is 2.16. The SMILES string of the molecule is C[C@H](N)c1ccc(OCc2cccc(Cl)c2)cn1. The maximum atomic E-state index is 5.90. The Kier molecular flexibility index (Phi) is 4.18. The highest BCUT2D eigenvalue weighted by Gasteiger charge is 2.02. The third-order valence-electron chi connectivity index (χ3n) is 2.52. The second-order valence-electron chi connectivity index (χ2n) is 4.13. The predicted octanol–water partition coefficient (Wildman–Crippen LogP) is 3.33. The Morgan fingerprint density at radius 1 is 1.33 bits per heavy atom. The Morgan fingerprint density at radius 2 is 2.17 bits per heavy atom. The van der Waals surface area contributed by atoms with Crippen LogP contribution in [-0.4, -0.2) is 4.98 Å². The first-order valence-electron chi connectivity index (χ1n) is 5.74. The van der Waals surface area contributed by atoms with Gasteiger partial charge in [-0.2, -0.15) is 0 Å². The Hall–Kier alpha value is -1.58. The quantitative estimate of drug-likeness (QED) is 0.919. The number of nitrogens with two attached hydrogens (primary N) is 1. The molecule has 0 radical (unpaired) electrons. The average molecular weight is 263 g/mol. The normalized spacial score (nSPS) is 12.2. The first-order chi connectivity index (χ1) is 8.65. The molecule has 0 saturated heterocycles. The van der Waals surface area contributed by atoms with E-state index in [0.717, 1.165) is 17.0 Å². The van der Waals surface area contributed by atoms with Crippen molar-refractivity contribution in [3.05, 3.63) is 58.9 Å². The molecule has 0 aliphatic heterocycles. The van der Waals surface area contributed by atoms with E-state index in [1.54, 1.807) is 6.20 Å². The first kappa shape index (κ1) is 12.9. The molecule has 1 aromatic carbocycles. The summed E-state index contributed by atoms with van der Waals surface area (Å²) in [7, 11) is 0. The molecule has 4 heteroatoms. The standard InChI is InChI=1S/C14H15ClN2O/c1-10(16)14-6-5-13(8-17-14)18-9-11-3-2-4-12(15)7-11/h2-8,10H,9,16H2,1H3/t10-/m0/s1. The summed E-state index contributed by atoms with van der Waals surface area (Å²) in [5.41, 5.74) is 7.61. The molecule has 1 aromatic heterocycles. The van der Waals surface area contributed by atoms with E-state index < -0.39 is 0 Å². The van der Waals surface area contributed by atoms with Gasteiger partial charge in [-0.3, -0.25) is 4.98 Å². The second-order valence-corrected chi connectivity index (χ2v) is 4.56. The van der Waals surface area contributed by atoms with Crippen molar-refractivity contribution in [2.24, 2.45) is 5.73 Å². The summed E-state index contributed by atoms with van der Waals surface area (Å²) in [5, 5.41) is 0.710. The summed E-state index contributed by atoms with van der Waals surface area (Å²) in [6.07, 6.45) is 1.68. The number of benzene rings is 1. The molecule has 1 heterocycles. The van der Waals surface area contributed by atoms with Gasteiger partial charge in [0.25, 0.3) is 0 Å². The summed E-state index contributed by atoms with van der Waals surface area (Å²) in [6, 6.07) is 11.3. The predicted molar refractivity (Wildman–Crippen MR) is 72.6 cm³/mol. The van der Waals surface area contributed by atoms with Crippen LogP contribution in [0.25, 0.3) is 0 Å². The fourth-order valence-corrected chi connectivity index (χ4v) is 1.75. The van der Waals surface area contributed by atoms with Crippen LogP contribution in [0.2, 0.25) is 5.02 Å². The molecule has 2 aromatic rings. The van der Waals surface area contributed by atoms with Crippen LogP contribution in [0.1, 0.15) is 24.2 Å². The van der Waals surface area contributed by atoms with Gasteiger partial charge in [-0.05, 0) is 36.8 Å². The van der Waals surface area contributed by atoms with Crippen LogP contribution in [0.5, 0.6) is 5.75 Å². The summed E-state index contributed by atoms with van der Waals surface area (Å²) < 4.78 is 5.62. The Bertz CT molecular complexity index is 511. The van der Waals surface area contributed by atoms with Crippen LogP contribution in [0.15, 0.2) is 42.6 Å². The third-order valence-corrected chi connectivity index (χ3v) is 2.76. The molecule has 0 aliphatic rings. The highest BCUT2D eigenvalue weighted by molar-refractivity contribution is 6.30. The maximum Gasteiger partial charge on any atom is 0.138 e. The van der Waals surface area contributed by atoms with Gasteiger partial charge in [0.05, 0.1) is 11.9 Å². The molecule has 0 unspecified atom stereocenters. The van der Waals surface area contributed by atoms with Crippen LogP contribution in [-0.2, 0) is 6.61 Å². The lowest BCUT2D eigenvalue weighted by molar-refractivity contribution is 0.304. The van der Waals surface area contributed by atoms with E-state index in [9.17, 15) is 0 Å². The zero-order valence-electron chi connectivity index (χ0n) is 10.1. The molecule has 0 saturated carbocycles. The van der Waals surface area contributed by atoms with Crippen LogP contribution < -0.4 is 10.5 Å². The number of hydrogen-bond donors (Lipinski definition) is 1. The van der Waals surface area contributed by atoms with E-state index >= 15 is 0 Å². The lowest BCUT2D eigenvalue weighted by Crippen LogP contribution is -2.07. The molecule has 2 rings (SSSR count). The summed E-state index contributed by atoms with van der Waals surface area (Å²) >= 11 is 5.90. The maximum absolute atomic E-state index is 5.90. The minimum atomic E-state index is -0.0630. The molecule has 3 nitrogen and oxygen atoms in total. The van der Waals surface area contributed by atoms with Crippen LogP contribution in [0.3, 0.4) is 0 Å². The van der Waals surface area contributed by atoms with Gasteiger partial charge >= 0.3 is 0 Å². The molecule has 18 heavy (non-hydrogen) atoms. The van der Waals surface area contributed by atoms with Gasteiger partial charge in [0.1, 0.15) is 12.4 Å². The van der Waals surface area contributed by atoms with E-state index in [-0.39, 0.29) is 6.04 Å². The lowest BCUT2D eigenvalue weighted by Gasteiger charge is -2.08. The summed E-state index contributed by atoms with van der Waals surface area (Å²) in [6.45, 7) is 2.37. The van der Waals surface area contributed by atoms with E-state index in [2.05, 4.69) is 4.98 Å². The van der Waals surface area contributed by atoms with Gasteiger partial charge in [0.2, 0.25) is 0 Å². The van der Waals surface area contributed by atoms with Crippen molar-refractivity contribution in [3.63, 3.8) is 0 Å². The second kappa shape index (κ2) is 5.85. The Labute approximate surface area is 112 Å². The molecule has 2 N–H and O–H groups in total. The Balaban J connectivity index is 1.98. The van der Waals surface area contributed by atoms with Crippen molar-refractivity contribution >= 4 is 11.6 Å². The molecule has 0 bridgehead atoms. The van der Waals surface area contributed by atoms with Crippen molar-refractivity contribution in [2.75, 3.05) is 0 Å². The zero-order valence-corrected chi connectivity index (χ0v) is 10.9. The van der Waals surface area contributed by atoms with Gasteiger partial charge in [-0.25, -0.2) is 0 Å². The van der Waals surface area contributed by atoms with Crippen molar-refractivity contribution < 1.29 is 4.74 Å². The topological polar surface area (TPSA) is 48.1 Å². The number of ether oxygens (including phenoxy) is 1. The number of aromatic nitrogens is 1. The van der Waals surface area contributed by atoms with E-state index in [0.29, 0.717) is 11.6 Å². The number of rotatable bonds is 4. The van der Waals surface area contributed by atoms with Crippen LogP contribution >= 0.6 is 11.6 Å². The van der Waals surface area contributed by atoms with Gasteiger partial charge < -0.3 is 10.5 Å². The smallest absolute Gasteiger partial charge is 0.138 e. The average Bonchev–Trinajstić information content (AvgIpc) is 2.37. The van der Waals surface area contributed by atoms with Crippen molar-refractivity contribution in [3.8, 4) is 5.75 Å². The molecular formula is C14H15ClN2O. The van der Waals surface area contributed by atoms with E-state index in [1.165, 1.54) is 0 Å². The Morgan fingerprint density at radius 3 is 2.78 bits per heavy atom. The van der Waals surface area contributed by atoms with Crippen LogP contribution in [0.4, 0.5) is 0 Å². The molecule has 0 amide bonds. The monoisotopic (exact) mass is 262 g/mol. The fourth-order valence-electron chi connectivity index (χ4n) is 1.54. The van der Waals surface area contributed by atoms with Gasteiger partial charge in [0, 0.05) is 11.1 Å². The van der Waals surface area contributed by atoms with E-state index in [4.69, 9.17) is 22.1 Å². The number of nitrogens with zero attached hydrogens (tertiary/aromatic N) is 1. The van der Waals surface area contributed by atoms with Crippen LogP contribution in [0, 0.1) is 0 Å². The first-order valence-corrected chi connectivity index (χ1v) is 6.12. The minimum Gasteiger partial charge on any atom is -0.487 e. The fraction of sp³-hybridized carbons (Fsp3) is 0.214. The molecule has 0 aliphatic carbocycles. The largest absolute Gasteiger partial charge is 0.487 e. The summed E-state index contributed by atoms with van der Waals surface area (Å²) in [5.74, 6) is 0.722. The molecule has 94 valence electrons. The molecular weight excluding hydrogens is 248 g/mol. The highest BCUT2D eigenvalue weighted by atomic mass is 35.5. The minimum absolute atomic E-state index is 0.0630. The van der Waals surface area contributed by atoms with Crippen molar-refractivity contribution in [1.82, 2.24) is 4.98 Å². The number of halogens is 1. The van der Waals surface area contributed by atoms with Gasteiger partial charge in [0.15, 0.2) is 0 Å². The number of pyridine rings is 1.